The number of carbonyl (C=O) groups is 2. The Hall–Kier alpha value is -1.75. The van der Waals surface area contributed by atoms with E-state index in [0.29, 0.717) is 16.7 Å². The summed E-state index contributed by atoms with van der Waals surface area (Å²) in [6, 6.07) is 5.31. The molecule has 0 heterocycles. The lowest BCUT2D eigenvalue weighted by atomic mass is 9.86. The van der Waals surface area contributed by atoms with Gasteiger partial charge in [-0.3, -0.25) is 4.79 Å². The van der Waals surface area contributed by atoms with E-state index in [-0.39, 0.29) is 25.2 Å². The van der Waals surface area contributed by atoms with Crippen LogP contribution in [0.1, 0.15) is 38.2 Å². The number of hydrogen-bond donors (Lipinski definition) is 1. The zero-order valence-electron chi connectivity index (χ0n) is 14.1. The van der Waals surface area contributed by atoms with Crippen molar-refractivity contribution in [2.75, 3.05) is 13.2 Å². The summed E-state index contributed by atoms with van der Waals surface area (Å²) in [6.07, 6.45) is 4.45. The van der Waals surface area contributed by atoms with E-state index in [1.165, 1.54) is 6.42 Å². The molecule has 24 heavy (non-hydrogen) atoms. The summed E-state index contributed by atoms with van der Waals surface area (Å²) in [6.45, 7) is 3.46. The van der Waals surface area contributed by atoms with Crippen LogP contribution in [0.25, 0.3) is 0 Å². The average molecular weight is 354 g/mol. The molecule has 6 heteroatoms. The molecule has 0 unspecified atom stereocenters. The first kappa shape index (κ1) is 18.6. The lowest BCUT2D eigenvalue weighted by molar-refractivity contribution is -0.150. The first-order valence-electron chi connectivity index (χ1n) is 8.29. The quantitative estimate of drug-likeness (QED) is 0.797. The van der Waals surface area contributed by atoms with E-state index >= 15 is 0 Å². The normalized spacial score (nSPS) is 20.3. The number of nitrogens with one attached hydrogen (secondary N) is 1. The third-order valence-corrected chi connectivity index (χ3v) is 4.54. The van der Waals surface area contributed by atoms with Crippen molar-refractivity contribution in [3.05, 3.63) is 28.8 Å². The Balaban J connectivity index is 1.69. The van der Waals surface area contributed by atoms with Crippen LogP contribution in [-0.4, -0.2) is 31.1 Å². The second kappa shape index (κ2) is 8.92. The topological polar surface area (TPSA) is 64.6 Å². The van der Waals surface area contributed by atoms with Crippen LogP contribution in [0, 0.1) is 12.8 Å². The minimum Gasteiger partial charge on any atom is -0.482 e. The van der Waals surface area contributed by atoms with Crippen molar-refractivity contribution in [1.82, 2.24) is 5.32 Å². The summed E-state index contributed by atoms with van der Waals surface area (Å²) < 4.78 is 10.4. The van der Waals surface area contributed by atoms with Gasteiger partial charge in [0.2, 0.25) is 0 Å². The first-order valence-corrected chi connectivity index (χ1v) is 8.67. The molecule has 1 fully saturated rings. The predicted molar refractivity (Wildman–Crippen MR) is 92.2 cm³/mol. The Labute approximate surface area is 147 Å². The van der Waals surface area contributed by atoms with Gasteiger partial charge in [-0.05, 0) is 49.4 Å². The van der Waals surface area contributed by atoms with Gasteiger partial charge in [0.15, 0.2) is 13.2 Å². The molecule has 132 valence electrons. The standard InChI is InChI=1S/C18H24ClNO4/c1-12-5-3-4-6-15(12)20-17(21)10-24-18(22)11-23-16-8-7-14(19)9-13(16)2/h7-9,12,15H,3-6,10-11H2,1-2H3,(H,20,21)/t12-,15+/m1/s1. The van der Waals surface area contributed by atoms with Crippen molar-refractivity contribution < 1.29 is 19.1 Å². The highest BCUT2D eigenvalue weighted by molar-refractivity contribution is 6.30. The third kappa shape index (κ3) is 5.71. The van der Waals surface area contributed by atoms with Crippen LogP contribution in [0.5, 0.6) is 5.75 Å². The molecule has 0 spiro atoms. The van der Waals surface area contributed by atoms with Crippen LogP contribution in [0.3, 0.4) is 0 Å². The number of amides is 1. The van der Waals surface area contributed by atoms with Crippen LogP contribution >= 0.6 is 11.6 Å². The SMILES string of the molecule is Cc1cc(Cl)ccc1OCC(=O)OCC(=O)N[C@H]1CCCC[C@H]1C. The van der Waals surface area contributed by atoms with E-state index in [9.17, 15) is 9.59 Å². The van der Waals surface area contributed by atoms with Crippen molar-refractivity contribution in [2.24, 2.45) is 5.92 Å². The van der Waals surface area contributed by atoms with Gasteiger partial charge in [-0.15, -0.1) is 0 Å². The maximum atomic E-state index is 11.9. The van der Waals surface area contributed by atoms with Gasteiger partial charge in [-0.1, -0.05) is 31.4 Å². The molecule has 2 atom stereocenters. The molecule has 1 N–H and O–H groups in total. The fourth-order valence-corrected chi connectivity index (χ4v) is 3.10. The summed E-state index contributed by atoms with van der Waals surface area (Å²) in [7, 11) is 0. The number of ether oxygens (including phenoxy) is 2. The monoisotopic (exact) mass is 353 g/mol. The molecular weight excluding hydrogens is 330 g/mol. The van der Waals surface area contributed by atoms with E-state index in [1.54, 1.807) is 18.2 Å². The molecule has 1 aliphatic rings. The molecule has 0 saturated heterocycles. The Morgan fingerprint density at radius 2 is 2.00 bits per heavy atom. The third-order valence-electron chi connectivity index (χ3n) is 4.30. The van der Waals surface area contributed by atoms with Gasteiger partial charge in [0, 0.05) is 11.1 Å². The second-order valence-electron chi connectivity index (χ2n) is 6.29. The van der Waals surface area contributed by atoms with Gasteiger partial charge >= 0.3 is 5.97 Å². The molecule has 0 aromatic heterocycles. The van der Waals surface area contributed by atoms with Gasteiger partial charge in [-0.25, -0.2) is 4.79 Å². The minimum atomic E-state index is -0.573. The lowest BCUT2D eigenvalue weighted by Gasteiger charge is -2.29. The highest BCUT2D eigenvalue weighted by Gasteiger charge is 2.23. The smallest absolute Gasteiger partial charge is 0.344 e. The molecule has 5 nitrogen and oxygen atoms in total. The molecule has 1 aromatic carbocycles. The summed E-state index contributed by atoms with van der Waals surface area (Å²) in [5, 5.41) is 3.55. The van der Waals surface area contributed by atoms with Crippen LogP contribution < -0.4 is 10.1 Å². The van der Waals surface area contributed by atoms with Crippen LogP contribution in [0.15, 0.2) is 18.2 Å². The maximum absolute atomic E-state index is 11.9. The molecule has 0 aliphatic heterocycles. The van der Waals surface area contributed by atoms with Gasteiger partial charge in [0.1, 0.15) is 5.75 Å². The van der Waals surface area contributed by atoms with Crippen LogP contribution in [-0.2, 0) is 14.3 Å². The maximum Gasteiger partial charge on any atom is 0.344 e. The van der Waals surface area contributed by atoms with Gasteiger partial charge in [0.25, 0.3) is 5.91 Å². The number of benzene rings is 1. The van der Waals surface area contributed by atoms with E-state index in [0.717, 1.165) is 24.8 Å². The number of aryl methyl sites for hydroxylation is 1. The highest BCUT2D eigenvalue weighted by atomic mass is 35.5. The Morgan fingerprint density at radius 1 is 1.25 bits per heavy atom. The number of halogens is 1. The van der Waals surface area contributed by atoms with Gasteiger partial charge < -0.3 is 14.8 Å². The Morgan fingerprint density at radius 3 is 2.71 bits per heavy atom. The molecule has 1 saturated carbocycles. The molecule has 1 aliphatic carbocycles. The minimum absolute atomic E-state index is 0.179. The van der Waals surface area contributed by atoms with Gasteiger partial charge in [-0.2, -0.15) is 0 Å². The Kier molecular flexibility index (Phi) is 6.91. The first-order chi connectivity index (χ1) is 11.5. The van der Waals surface area contributed by atoms with Crippen molar-refractivity contribution >= 4 is 23.5 Å². The van der Waals surface area contributed by atoms with E-state index in [1.807, 2.05) is 6.92 Å². The molecular formula is C18H24ClNO4. The van der Waals surface area contributed by atoms with Crippen molar-refractivity contribution in [1.29, 1.82) is 0 Å². The second-order valence-corrected chi connectivity index (χ2v) is 6.73. The molecule has 0 radical (unpaired) electrons. The molecule has 2 rings (SSSR count). The molecule has 0 bridgehead atoms. The molecule has 1 amide bonds. The average Bonchev–Trinajstić information content (AvgIpc) is 2.54. The van der Waals surface area contributed by atoms with E-state index < -0.39 is 5.97 Å². The summed E-state index contributed by atoms with van der Waals surface area (Å²) >= 11 is 5.86. The summed E-state index contributed by atoms with van der Waals surface area (Å²) in [5.74, 6) is 0.201. The fraction of sp³-hybridized carbons (Fsp3) is 0.556. The molecule has 1 aromatic rings. The Bertz CT molecular complexity index is 590. The van der Waals surface area contributed by atoms with E-state index in [2.05, 4.69) is 12.2 Å². The summed E-state index contributed by atoms with van der Waals surface area (Å²) in [4.78, 5) is 23.6. The van der Waals surface area contributed by atoms with Crippen molar-refractivity contribution in [3.63, 3.8) is 0 Å². The summed E-state index contributed by atoms with van der Waals surface area (Å²) in [5.41, 5.74) is 0.833. The van der Waals surface area contributed by atoms with Crippen LogP contribution in [0.4, 0.5) is 0 Å². The fourth-order valence-electron chi connectivity index (χ4n) is 2.88. The number of esters is 1. The van der Waals surface area contributed by atoms with E-state index in [4.69, 9.17) is 21.1 Å². The highest BCUT2D eigenvalue weighted by Crippen LogP contribution is 2.23. The lowest BCUT2D eigenvalue weighted by Crippen LogP contribution is -2.43. The van der Waals surface area contributed by atoms with Gasteiger partial charge in [0.05, 0.1) is 0 Å². The number of rotatable bonds is 6. The van der Waals surface area contributed by atoms with Crippen LogP contribution in [0.2, 0.25) is 5.02 Å². The zero-order chi connectivity index (χ0) is 17.5. The number of hydrogen-bond acceptors (Lipinski definition) is 4. The van der Waals surface area contributed by atoms with Crippen molar-refractivity contribution in [3.8, 4) is 5.75 Å². The predicted octanol–water partition coefficient (Wildman–Crippen LogP) is 3.27. The zero-order valence-corrected chi connectivity index (χ0v) is 14.9. The number of carbonyl (C=O) groups excluding carboxylic acids is 2. The van der Waals surface area contributed by atoms with Crippen molar-refractivity contribution in [2.45, 2.75) is 45.6 Å². The largest absolute Gasteiger partial charge is 0.482 e.